The standard InChI is InChI=1S/C27H34N4O3/c28-14-11-22-7-9-25(10-8-22)34-20-23-5-4-6-24(19-23)30-26(32)29-21-27(12-2-1-3-13-27)31-15-17-33-18-16-31/h4-10,19H,1-3,11-13,15-18,20-21H2,(H2,29,30,32). The first kappa shape index (κ1) is 24.1. The molecule has 1 heterocycles. The van der Waals surface area contributed by atoms with Crippen LogP contribution in [0.1, 0.15) is 43.2 Å². The van der Waals surface area contributed by atoms with Gasteiger partial charge in [0.15, 0.2) is 0 Å². The van der Waals surface area contributed by atoms with Gasteiger partial charge >= 0.3 is 6.03 Å². The minimum absolute atomic E-state index is 0.0395. The number of nitriles is 1. The SMILES string of the molecule is N#CCc1ccc(OCc2cccc(NC(=O)NCC3(N4CCOCC4)CCCCC3)c2)cc1. The van der Waals surface area contributed by atoms with Crippen molar-refractivity contribution in [3.8, 4) is 11.8 Å². The van der Waals surface area contributed by atoms with E-state index in [1.807, 2.05) is 48.5 Å². The fourth-order valence-corrected chi connectivity index (χ4v) is 4.97. The molecule has 7 nitrogen and oxygen atoms in total. The van der Waals surface area contributed by atoms with E-state index >= 15 is 0 Å². The van der Waals surface area contributed by atoms with E-state index in [0.29, 0.717) is 19.6 Å². The molecule has 0 atom stereocenters. The van der Waals surface area contributed by atoms with Crippen molar-refractivity contribution in [1.82, 2.24) is 10.2 Å². The Hall–Kier alpha value is -3.08. The molecule has 1 aliphatic carbocycles. The van der Waals surface area contributed by atoms with Crippen LogP contribution in [0.25, 0.3) is 0 Å². The summed E-state index contributed by atoms with van der Waals surface area (Å²) >= 11 is 0. The number of rotatable bonds is 8. The quantitative estimate of drug-likeness (QED) is 0.604. The third-order valence-electron chi connectivity index (χ3n) is 6.84. The summed E-state index contributed by atoms with van der Waals surface area (Å²) in [5.41, 5.74) is 2.72. The molecule has 7 heteroatoms. The number of urea groups is 1. The zero-order valence-electron chi connectivity index (χ0n) is 19.7. The first-order valence-electron chi connectivity index (χ1n) is 12.2. The molecule has 1 aliphatic heterocycles. The second kappa shape index (κ2) is 11.9. The topological polar surface area (TPSA) is 86.6 Å². The van der Waals surface area contributed by atoms with E-state index in [0.717, 1.165) is 61.7 Å². The summed E-state index contributed by atoms with van der Waals surface area (Å²) in [5.74, 6) is 0.749. The van der Waals surface area contributed by atoms with Crippen molar-refractivity contribution in [3.05, 3.63) is 59.7 Å². The van der Waals surface area contributed by atoms with Crippen molar-refractivity contribution in [2.24, 2.45) is 0 Å². The van der Waals surface area contributed by atoms with Gasteiger partial charge in [-0.05, 0) is 48.2 Å². The highest BCUT2D eigenvalue weighted by atomic mass is 16.5. The van der Waals surface area contributed by atoms with Crippen LogP contribution in [0.4, 0.5) is 10.5 Å². The summed E-state index contributed by atoms with van der Waals surface area (Å²) in [6.07, 6.45) is 6.34. The molecular weight excluding hydrogens is 428 g/mol. The van der Waals surface area contributed by atoms with E-state index in [2.05, 4.69) is 21.6 Å². The maximum atomic E-state index is 12.7. The molecule has 0 unspecified atom stereocenters. The Bertz CT molecular complexity index is 974. The number of benzene rings is 2. The van der Waals surface area contributed by atoms with Crippen molar-refractivity contribution in [3.63, 3.8) is 0 Å². The lowest BCUT2D eigenvalue weighted by molar-refractivity contribution is -0.0356. The Balaban J connectivity index is 1.29. The summed E-state index contributed by atoms with van der Waals surface area (Å²) in [4.78, 5) is 15.3. The summed E-state index contributed by atoms with van der Waals surface area (Å²) in [6.45, 7) is 4.47. The molecule has 2 aromatic rings. The van der Waals surface area contributed by atoms with Crippen LogP contribution in [0.15, 0.2) is 48.5 Å². The van der Waals surface area contributed by atoms with Gasteiger partial charge in [0.05, 0.1) is 25.7 Å². The molecule has 180 valence electrons. The Morgan fingerprint density at radius 2 is 1.82 bits per heavy atom. The predicted octanol–water partition coefficient (Wildman–Crippen LogP) is 4.49. The Morgan fingerprint density at radius 1 is 1.06 bits per heavy atom. The van der Waals surface area contributed by atoms with Gasteiger partial charge in [0, 0.05) is 30.9 Å². The molecule has 0 aromatic heterocycles. The maximum absolute atomic E-state index is 12.7. The maximum Gasteiger partial charge on any atom is 0.319 e. The van der Waals surface area contributed by atoms with Crippen molar-refractivity contribution < 1.29 is 14.3 Å². The lowest BCUT2D eigenvalue weighted by atomic mass is 9.80. The molecule has 2 fully saturated rings. The fourth-order valence-electron chi connectivity index (χ4n) is 4.97. The van der Waals surface area contributed by atoms with E-state index in [9.17, 15) is 4.79 Å². The molecule has 0 bridgehead atoms. The van der Waals surface area contributed by atoms with Crippen LogP contribution in [-0.2, 0) is 17.8 Å². The zero-order valence-corrected chi connectivity index (χ0v) is 19.7. The number of hydrogen-bond acceptors (Lipinski definition) is 5. The third kappa shape index (κ3) is 6.49. The smallest absolute Gasteiger partial charge is 0.319 e. The molecule has 1 saturated carbocycles. The lowest BCUT2D eigenvalue weighted by Crippen LogP contribution is -2.60. The highest BCUT2D eigenvalue weighted by Crippen LogP contribution is 2.34. The summed E-state index contributed by atoms with van der Waals surface area (Å²) in [7, 11) is 0. The summed E-state index contributed by atoms with van der Waals surface area (Å²) in [6, 6.07) is 17.2. The molecule has 2 aliphatic rings. The number of carbonyl (C=O) groups is 1. The van der Waals surface area contributed by atoms with Crippen molar-refractivity contribution in [1.29, 1.82) is 5.26 Å². The van der Waals surface area contributed by atoms with Gasteiger partial charge in [0.25, 0.3) is 0 Å². The van der Waals surface area contributed by atoms with Gasteiger partial charge in [-0.15, -0.1) is 0 Å². The Morgan fingerprint density at radius 3 is 2.56 bits per heavy atom. The van der Waals surface area contributed by atoms with E-state index in [-0.39, 0.29) is 11.6 Å². The molecular formula is C27H34N4O3. The summed E-state index contributed by atoms with van der Waals surface area (Å²) < 4.78 is 11.4. The molecule has 2 aromatic carbocycles. The lowest BCUT2D eigenvalue weighted by Gasteiger charge is -2.48. The van der Waals surface area contributed by atoms with Crippen LogP contribution in [0.2, 0.25) is 0 Å². The van der Waals surface area contributed by atoms with Gasteiger partial charge in [-0.3, -0.25) is 4.90 Å². The van der Waals surface area contributed by atoms with Crippen LogP contribution in [0, 0.1) is 11.3 Å². The zero-order chi connectivity index (χ0) is 23.6. The van der Waals surface area contributed by atoms with Crippen molar-refractivity contribution >= 4 is 11.7 Å². The number of nitrogens with one attached hydrogen (secondary N) is 2. The Kier molecular flexibility index (Phi) is 8.40. The first-order valence-corrected chi connectivity index (χ1v) is 12.2. The third-order valence-corrected chi connectivity index (χ3v) is 6.84. The molecule has 0 radical (unpaired) electrons. The van der Waals surface area contributed by atoms with E-state index in [4.69, 9.17) is 14.7 Å². The number of anilines is 1. The monoisotopic (exact) mass is 462 g/mol. The van der Waals surface area contributed by atoms with Crippen LogP contribution in [-0.4, -0.2) is 49.3 Å². The highest BCUT2D eigenvalue weighted by Gasteiger charge is 2.38. The van der Waals surface area contributed by atoms with Gasteiger partial charge in [0.1, 0.15) is 12.4 Å². The number of nitrogens with zero attached hydrogens (tertiary/aromatic N) is 2. The molecule has 2 amide bonds. The van der Waals surface area contributed by atoms with Gasteiger partial charge in [0.2, 0.25) is 0 Å². The highest BCUT2D eigenvalue weighted by molar-refractivity contribution is 5.89. The second-order valence-corrected chi connectivity index (χ2v) is 9.16. The molecule has 1 saturated heterocycles. The predicted molar refractivity (Wildman–Crippen MR) is 132 cm³/mol. The first-order chi connectivity index (χ1) is 16.7. The number of hydrogen-bond donors (Lipinski definition) is 2. The van der Waals surface area contributed by atoms with Crippen LogP contribution in [0.5, 0.6) is 5.75 Å². The molecule has 2 N–H and O–H groups in total. The number of morpholine rings is 1. The van der Waals surface area contributed by atoms with Gasteiger partial charge in [-0.1, -0.05) is 43.5 Å². The second-order valence-electron chi connectivity index (χ2n) is 9.16. The molecule has 4 rings (SSSR count). The average molecular weight is 463 g/mol. The molecule has 34 heavy (non-hydrogen) atoms. The average Bonchev–Trinajstić information content (AvgIpc) is 2.89. The minimum atomic E-state index is -0.177. The largest absolute Gasteiger partial charge is 0.489 e. The van der Waals surface area contributed by atoms with Gasteiger partial charge in [-0.25, -0.2) is 4.79 Å². The van der Waals surface area contributed by atoms with Crippen molar-refractivity contribution in [2.45, 2.75) is 50.7 Å². The normalized spacial score (nSPS) is 18.0. The van der Waals surface area contributed by atoms with E-state index < -0.39 is 0 Å². The Labute approximate surface area is 202 Å². The molecule has 0 spiro atoms. The fraction of sp³-hybridized carbons (Fsp3) is 0.481. The van der Waals surface area contributed by atoms with Gasteiger partial charge < -0.3 is 20.1 Å². The number of carbonyl (C=O) groups excluding carboxylic acids is 1. The van der Waals surface area contributed by atoms with E-state index in [1.54, 1.807) is 0 Å². The number of ether oxygens (including phenoxy) is 2. The van der Waals surface area contributed by atoms with E-state index in [1.165, 1.54) is 19.3 Å². The van der Waals surface area contributed by atoms with Crippen LogP contribution in [0.3, 0.4) is 0 Å². The van der Waals surface area contributed by atoms with Crippen molar-refractivity contribution in [2.75, 3.05) is 38.2 Å². The van der Waals surface area contributed by atoms with Gasteiger partial charge in [-0.2, -0.15) is 5.26 Å². The summed E-state index contributed by atoms with van der Waals surface area (Å²) in [5, 5.41) is 14.9. The minimum Gasteiger partial charge on any atom is -0.489 e. The number of amides is 2. The van der Waals surface area contributed by atoms with Crippen LogP contribution < -0.4 is 15.4 Å². The van der Waals surface area contributed by atoms with Crippen LogP contribution >= 0.6 is 0 Å².